The van der Waals surface area contributed by atoms with Gasteiger partial charge in [0.05, 0.1) is 6.10 Å². The number of hydrogen-bond donors (Lipinski definition) is 1. The first-order valence-corrected chi connectivity index (χ1v) is 6.16. The normalized spacial score (nSPS) is 25.8. The monoisotopic (exact) mass is 222 g/mol. The first-order chi connectivity index (χ1) is 7.25. The van der Waals surface area contributed by atoms with Gasteiger partial charge in [-0.25, -0.2) is 0 Å². The highest BCUT2D eigenvalue weighted by atomic mass is 32.2. The van der Waals surface area contributed by atoms with E-state index in [-0.39, 0.29) is 11.0 Å². The molecule has 2 nitrogen and oxygen atoms in total. The second-order valence-electron chi connectivity index (χ2n) is 3.85. The van der Waals surface area contributed by atoms with Crippen molar-refractivity contribution >= 4 is 17.5 Å². The van der Waals surface area contributed by atoms with E-state index in [2.05, 4.69) is 12.1 Å². The van der Waals surface area contributed by atoms with Crippen LogP contribution in [0.4, 0.5) is 0 Å². The molecule has 0 heterocycles. The van der Waals surface area contributed by atoms with Crippen LogP contribution < -0.4 is 0 Å². The van der Waals surface area contributed by atoms with Gasteiger partial charge in [0.15, 0.2) is 0 Å². The van der Waals surface area contributed by atoms with Gasteiger partial charge in [-0.1, -0.05) is 30.3 Å². The molecule has 80 valence electrons. The minimum atomic E-state index is -0.439. The average molecular weight is 222 g/mol. The third-order valence-corrected chi connectivity index (χ3v) is 4.01. The third kappa shape index (κ3) is 2.83. The number of thioether (sulfide) groups is 1. The Morgan fingerprint density at radius 2 is 2.00 bits per heavy atom. The highest BCUT2D eigenvalue weighted by molar-refractivity contribution is 7.99. The first kappa shape index (κ1) is 10.7. The topological polar surface area (TPSA) is 37.3 Å². The summed E-state index contributed by atoms with van der Waals surface area (Å²) in [6, 6.07) is 10.1. The molecule has 1 aromatic carbocycles. The van der Waals surface area contributed by atoms with Crippen molar-refractivity contribution in [2.24, 2.45) is 0 Å². The van der Waals surface area contributed by atoms with Crippen molar-refractivity contribution in [3.8, 4) is 0 Å². The van der Waals surface area contributed by atoms with Crippen molar-refractivity contribution in [3.63, 3.8) is 0 Å². The summed E-state index contributed by atoms with van der Waals surface area (Å²) in [6.45, 7) is 0. The van der Waals surface area contributed by atoms with Crippen LogP contribution in [0.2, 0.25) is 0 Å². The van der Waals surface area contributed by atoms with Crippen molar-refractivity contribution < 1.29 is 9.90 Å². The minimum Gasteiger partial charge on any atom is -0.392 e. The Hall–Kier alpha value is -0.800. The van der Waals surface area contributed by atoms with Crippen molar-refractivity contribution in [2.45, 2.75) is 29.9 Å². The Bertz CT molecular complexity index is 337. The predicted octanol–water partition coefficient (Wildman–Crippen LogP) is 2.01. The number of aliphatic hydroxyl groups is 1. The lowest BCUT2D eigenvalue weighted by atomic mass is 10.2. The summed E-state index contributed by atoms with van der Waals surface area (Å²) in [5, 5.41) is 9.69. The number of benzene rings is 1. The zero-order valence-corrected chi connectivity index (χ0v) is 9.24. The summed E-state index contributed by atoms with van der Waals surface area (Å²) in [5.74, 6) is 1.06. The lowest BCUT2D eigenvalue weighted by molar-refractivity contribution is -0.117. The fraction of sp³-hybridized carbons (Fsp3) is 0.417. The van der Waals surface area contributed by atoms with Crippen molar-refractivity contribution in [1.82, 2.24) is 0 Å². The van der Waals surface area contributed by atoms with Crippen molar-refractivity contribution in [3.05, 3.63) is 35.9 Å². The van der Waals surface area contributed by atoms with E-state index in [1.807, 2.05) is 18.2 Å². The lowest BCUT2D eigenvalue weighted by Gasteiger charge is -2.12. The van der Waals surface area contributed by atoms with Crippen molar-refractivity contribution in [1.29, 1.82) is 0 Å². The molecule has 15 heavy (non-hydrogen) atoms. The Morgan fingerprint density at radius 1 is 1.27 bits per heavy atom. The van der Waals surface area contributed by atoms with E-state index in [9.17, 15) is 9.90 Å². The summed E-state index contributed by atoms with van der Waals surface area (Å²) >= 11 is 1.68. The number of hydrogen-bond acceptors (Lipinski definition) is 3. The molecule has 2 atom stereocenters. The zero-order chi connectivity index (χ0) is 10.7. The fourth-order valence-corrected chi connectivity index (χ4v) is 2.98. The largest absolute Gasteiger partial charge is 0.392 e. The maximum atomic E-state index is 11.1. The molecular weight excluding hydrogens is 208 g/mol. The molecule has 0 spiro atoms. The molecule has 1 saturated carbocycles. The van der Waals surface area contributed by atoms with Crippen molar-refractivity contribution in [2.75, 3.05) is 0 Å². The van der Waals surface area contributed by atoms with Crippen LogP contribution in [0.1, 0.15) is 18.4 Å². The second kappa shape index (κ2) is 4.81. The average Bonchev–Trinajstić information content (AvgIpc) is 2.56. The van der Waals surface area contributed by atoms with E-state index in [1.54, 1.807) is 11.8 Å². The quantitative estimate of drug-likeness (QED) is 0.850. The molecule has 0 aliphatic heterocycles. The summed E-state index contributed by atoms with van der Waals surface area (Å²) in [6.07, 6.45) is 0.428. The van der Waals surface area contributed by atoms with Crippen LogP contribution in [0.25, 0.3) is 0 Å². The molecule has 1 N–H and O–H groups in total. The number of carbonyl (C=O) groups excluding carboxylic acids is 1. The maximum absolute atomic E-state index is 11.1. The van der Waals surface area contributed by atoms with Gasteiger partial charge in [-0.3, -0.25) is 4.79 Å². The maximum Gasteiger partial charge on any atom is 0.136 e. The van der Waals surface area contributed by atoms with E-state index < -0.39 is 6.10 Å². The molecule has 0 bridgehead atoms. The second-order valence-corrected chi connectivity index (χ2v) is 5.08. The molecule has 2 rings (SSSR count). The first-order valence-electron chi connectivity index (χ1n) is 5.11. The predicted molar refractivity (Wildman–Crippen MR) is 61.8 cm³/mol. The Kier molecular flexibility index (Phi) is 3.44. The van der Waals surface area contributed by atoms with E-state index in [1.165, 1.54) is 5.56 Å². The third-order valence-electron chi connectivity index (χ3n) is 2.60. The summed E-state index contributed by atoms with van der Waals surface area (Å²) in [4.78, 5) is 11.1. The molecule has 0 amide bonds. The molecule has 0 saturated heterocycles. The fourth-order valence-electron chi connectivity index (χ4n) is 1.76. The molecule has 1 aliphatic rings. The van der Waals surface area contributed by atoms with Crippen LogP contribution in [-0.4, -0.2) is 22.2 Å². The van der Waals surface area contributed by atoms with Gasteiger partial charge in [-0.2, -0.15) is 11.8 Å². The standard InChI is InChI=1S/C12H14O2S/c13-10-6-11(14)12(7-10)15-8-9-4-2-1-3-5-9/h1-5,11-12,14H,6-8H2/t11-,12-/m1/s1. The van der Waals surface area contributed by atoms with Gasteiger partial charge in [-0.05, 0) is 5.56 Å². The smallest absolute Gasteiger partial charge is 0.136 e. The number of carbonyl (C=O) groups is 1. The molecular formula is C12H14O2S. The molecule has 1 aliphatic carbocycles. The van der Waals surface area contributed by atoms with E-state index in [0.29, 0.717) is 12.8 Å². The Balaban J connectivity index is 1.86. The molecule has 3 heteroatoms. The van der Waals surface area contributed by atoms with Gasteiger partial charge in [0.1, 0.15) is 5.78 Å². The van der Waals surface area contributed by atoms with Crippen LogP contribution >= 0.6 is 11.8 Å². The van der Waals surface area contributed by atoms with Gasteiger partial charge in [0.2, 0.25) is 0 Å². The SMILES string of the molecule is O=C1C[C@@H](O)[C@H](SCc2ccccc2)C1. The Morgan fingerprint density at radius 3 is 2.60 bits per heavy atom. The van der Waals surface area contributed by atoms with Crippen LogP contribution in [0.5, 0.6) is 0 Å². The van der Waals surface area contributed by atoms with E-state index in [4.69, 9.17) is 0 Å². The highest BCUT2D eigenvalue weighted by Crippen LogP contribution is 2.30. The summed E-state index contributed by atoms with van der Waals surface area (Å²) in [5.41, 5.74) is 1.24. The number of rotatable bonds is 3. The number of Topliss-reactive ketones (excluding diaryl/α,β-unsaturated/α-hetero) is 1. The van der Waals surface area contributed by atoms with E-state index >= 15 is 0 Å². The molecule has 0 unspecified atom stereocenters. The van der Waals surface area contributed by atoms with Gasteiger partial charge in [0.25, 0.3) is 0 Å². The molecule has 0 aromatic heterocycles. The number of ketones is 1. The molecule has 1 fully saturated rings. The summed E-state index contributed by atoms with van der Waals surface area (Å²) in [7, 11) is 0. The summed E-state index contributed by atoms with van der Waals surface area (Å²) < 4.78 is 0. The minimum absolute atomic E-state index is 0.0951. The zero-order valence-electron chi connectivity index (χ0n) is 8.43. The Labute approximate surface area is 93.7 Å². The van der Waals surface area contributed by atoms with Gasteiger partial charge >= 0.3 is 0 Å². The molecule has 0 radical (unpaired) electrons. The van der Waals surface area contributed by atoms with Gasteiger partial charge < -0.3 is 5.11 Å². The van der Waals surface area contributed by atoms with Crippen LogP contribution in [0.15, 0.2) is 30.3 Å². The van der Waals surface area contributed by atoms with Crippen LogP contribution in [0.3, 0.4) is 0 Å². The lowest BCUT2D eigenvalue weighted by Crippen LogP contribution is -2.15. The van der Waals surface area contributed by atoms with Gasteiger partial charge in [0, 0.05) is 23.8 Å². The van der Waals surface area contributed by atoms with Gasteiger partial charge in [-0.15, -0.1) is 0 Å². The number of aliphatic hydroxyl groups excluding tert-OH is 1. The van der Waals surface area contributed by atoms with Crippen LogP contribution in [0, 0.1) is 0 Å². The molecule has 1 aromatic rings. The van der Waals surface area contributed by atoms with E-state index in [0.717, 1.165) is 5.75 Å². The highest BCUT2D eigenvalue weighted by Gasteiger charge is 2.31. The van der Waals surface area contributed by atoms with Crippen LogP contribution in [-0.2, 0) is 10.5 Å².